The number of hydrogen-bond acceptors (Lipinski definition) is 3. The van der Waals surface area contributed by atoms with E-state index in [1.807, 2.05) is 13.8 Å². The van der Waals surface area contributed by atoms with Crippen LogP contribution in [-0.4, -0.2) is 21.3 Å². The van der Waals surface area contributed by atoms with Crippen molar-refractivity contribution in [2.24, 2.45) is 0 Å². The SMILES string of the molecule is CC(C)OCc1n[nH]c(=O)[nH]1. The number of rotatable bonds is 3. The first-order chi connectivity index (χ1) is 5.18. The average Bonchev–Trinajstić information content (AvgIpc) is 2.31. The van der Waals surface area contributed by atoms with E-state index in [0.29, 0.717) is 12.4 Å². The number of H-pyrrole nitrogens is 2. The van der Waals surface area contributed by atoms with Gasteiger partial charge in [-0.25, -0.2) is 9.89 Å². The quantitative estimate of drug-likeness (QED) is 0.650. The van der Waals surface area contributed by atoms with Gasteiger partial charge >= 0.3 is 5.69 Å². The topological polar surface area (TPSA) is 70.8 Å². The van der Waals surface area contributed by atoms with Crippen molar-refractivity contribution in [3.05, 3.63) is 16.3 Å². The molecule has 0 bridgehead atoms. The van der Waals surface area contributed by atoms with E-state index >= 15 is 0 Å². The van der Waals surface area contributed by atoms with Crippen LogP contribution in [0.1, 0.15) is 19.7 Å². The maximum Gasteiger partial charge on any atom is 0.340 e. The minimum atomic E-state index is -0.299. The maximum absolute atomic E-state index is 10.5. The van der Waals surface area contributed by atoms with Crippen LogP contribution in [0, 0.1) is 0 Å². The van der Waals surface area contributed by atoms with Gasteiger partial charge in [-0.3, -0.25) is 4.98 Å². The number of nitrogens with zero attached hydrogens (tertiary/aromatic N) is 1. The van der Waals surface area contributed by atoms with E-state index in [1.54, 1.807) is 0 Å². The molecule has 1 rings (SSSR count). The summed E-state index contributed by atoms with van der Waals surface area (Å²) in [4.78, 5) is 13.0. The first kappa shape index (κ1) is 8.00. The Kier molecular flexibility index (Phi) is 2.43. The first-order valence-corrected chi connectivity index (χ1v) is 3.43. The van der Waals surface area contributed by atoms with E-state index in [1.165, 1.54) is 0 Å². The van der Waals surface area contributed by atoms with Gasteiger partial charge in [0.15, 0.2) is 5.82 Å². The lowest BCUT2D eigenvalue weighted by molar-refractivity contribution is 0.0614. The second-order valence-electron chi connectivity index (χ2n) is 2.48. The number of nitrogens with one attached hydrogen (secondary N) is 2. The van der Waals surface area contributed by atoms with Gasteiger partial charge in [0, 0.05) is 0 Å². The molecule has 0 atom stereocenters. The molecule has 0 amide bonds. The predicted octanol–water partition coefficient (Wildman–Crippen LogP) is 0.0230. The highest BCUT2D eigenvalue weighted by molar-refractivity contribution is 4.76. The van der Waals surface area contributed by atoms with Gasteiger partial charge in [-0.2, -0.15) is 5.10 Å². The molecule has 0 aliphatic carbocycles. The van der Waals surface area contributed by atoms with Gasteiger partial charge in [-0.15, -0.1) is 0 Å². The van der Waals surface area contributed by atoms with E-state index in [2.05, 4.69) is 15.2 Å². The van der Waals surface area contributed by atoms with Crippen molar-refractivity contribution in [3.63, 3.8) is 0 Å². The summed E-state index contributed by atoms with van der Waals surface area (Å²) in [6, 6.07) is 0. The molecule has 0 spiro atoms. The third-order valence-electron chi connectivity index (χ3n) is 1.10. The van der Waals surface area contributed by atoms with Crippen LogP contribution in [0.25, 0.3) is 0 Å². The molecular formula is C6H11N3O2. The lowest BCUT2D eigenvalue weighted by atomic mass is 10.5. The zero-order chi connectivity index (χ0) is 8.27. The molecule has 2 N–H and O–H groups in total. The zero-order valence-corrected chi connectivity index (χ0v) is 6.55. The molecule has 0 saturated carbocycles. The second-order valence-corrected chi connectivity index (χ2v) is 2.48. The van der Waals surface area contributed by atoms with Gasteiger partial charge in [0.2, 0.25) is 0 Å². The third kappa shape index (κ3) is 2.55. The molecule has 1 aromatic heterocycles. The molecule has 1 aromatic rings. The van der Waals surface area contributed by atoms with Crippen LogP contribution in [0.15, 0.2) is 4.79 Å². The predicted molar refractivity (Wildman–Crippen MR) is 39.1 cm³/mol. The molecule has 0 saturated heterocycles. The molecule has 11 heavy (non-hydrogen) atoms. The van der Waals surface area contributed by atoms with Crippen LogP contribution in [0.3, 0.4) is 0 Å². The molecule has 1 heterocycles. The molecule has 0 aliphatic heterocycles. The molecule has 0 unspecified atom stereocenters. The molecule has 5 nitrogen and oxygen atoms in total. The van der Waals surface area contributed by atoms with Gasteiger partial charge in [-0.05, 0) is 13.8 Å². The van der Waals surface area contributed by atoms with E-state index in [9.17, 15) is 4.79 Å². The molecule has 0 aliphatic rings. The smallest absolute Gasteiger partial charge is 0.340 e. The lowest BCUT2D eigenvalue weighted by Crippen LogP contribution is -2.05. The summed E-state index contributed by atoms with van der Waals surface area (Å²) in [5, 5.41) is 5.92. The molecule has 0 aromatic carbocycles. The van der Waals surface area contributed by atoms with Crippen molar-refractivity contribution in [2.75, 3.05) is 0 Å². The van der Waals surface area contributed by atoms with Gasteiger partial charge < -0.3 is 4.74 Å². The fourth-order valence-corrected chi connectivity index (χ4v) is 0.619. The second kappa shape index (κ2) is 3.34. The third-order valence-corrected chi connectivity index (χ3v) is 1.10. The minimum Gasteiger partial charge on any atom is -0.371 e. The number of aromatic nitrogens is 3. The largest absolute Gasteiger partial charge is 0.371 e. The molecule has 5 heteroatoms. The highest BCUT2D eigenvalue weighted by atomic mass is 16.5. The number of hydrogen-bond donors (Lipinski definition) is 2. The fourth-order valence-electron chi connectivity index (χ4n) is 0.619. The van der Waals surface area contributed by atoms with Gasteiger partial charge in [0.25, 0.3) is 0 Å². The summed E-state index contributed by atoms with van der Waals surface area (Å²) in [5.41, 5.74) is -0.299. The number of ether oxygens (including phenoxy) is 1. The van der Waals surface area contributed by atoms with Crippen molar-refractivity contribution >= 4 is 0 Å². The summed E-state index contributed by atoms with van der Waals surface area (Å²) in [6.07, 6.45) is 0.148. The van der Waals surface area contributed by atoms with Crippen molar-refractivity contribution in [2.45, 2.75) is 26.6 Å². The minimum absolute atomic E-state index is 0.148. The van der Waals surface area contributed by atoms with Crippen molar-refractivity contribution in [1.82, 2.24) is 15.2 Å². The van der Waals surface area contributed by atoms with Crippen LogP contribution in [0.5, 0.6) is 0 Å². The highest BCUT2D eigenvalue weighted by Gasteiger charge is 1.98. The van der Waals surface area contributed by atoms with Crippen molar-refractivity contribution in [3.8, 4) is 0 Å². The average molecular weight is 157 g/mol. The zero-order valence-electron chi connectivity index (χ0n) is 6.55. The summed E-state index contributed by atoms with van der Waals surface area (Å²) in [6.45, 7) is 4.19. The Morgan fingerprint density at radius 1 is 1.64 bits per heavy atom. The molecule has 0 fully saturated rings. The van der Waals surface area contributed by atoms with Crippen LogP contribution in [0.2, 0.25) is 0 Å². The maximum atomic E-state index is 10.5. The Bertz CT molecular complexity index is 263. The van der Waals surface area contributed by atoms with Crippen LogP contribution < -0.4 is 5.69 Å². The lowest BCUT2D eigenvalue weighted by Gasteiger charge is -2.03. The standard InChI is InChI=1S/C6H11N3O2/c1-4(2)11-3-5-7-6(10)9-8-5/h4H,3H2,1-2H3,(H2,7,8,9,10). The first-order valence-electron chi connectivity index (χ1n) is 3.43. The van der Waals surface area contributed by atoms with E-state index in [4.69, 9.17) is 4.74 Å². The Morgan fingerprint density at radius 3 is 2.82 bits per heavy atom. The van der Waals surface area contributed by atoms with Gasteiger partial charge in [-0.1, -0.05) is 0 Å². The Balaban J connectivity index is 2.45. The summed E-state index contributed by atoms with van der Waals surface area (Å²) >= 11 is 0. The van der Waals surface area contributed by atoms with Crippen LogP contribution in [-0.2, 0) is 11.3 Å². The summed E-state index contributed by atoms with van der Waals surface area (Å²) < 4.78 is 5.19. The number of aromatic amines is 2. The van der Waals surface area contributed by atoms with E-state index in [-0.39, 0.29) is 11.8 Å². The van der Waals surface area contributed by atoms with Gasteiger partial charge in [0.05, 0.1) is 6.10 Å². The Labute approximate surface area is 63.8 Å². The Morgan fingerprint density at radius 2 is 2.36 bits per heavy atom. The van der Waals surface area contributed by atoms with Crippen LogP contribution in [0.4, 0.5) is 0 Å². The van der Waals surface area contributed by atoms with Crippen molar-refractivity contribution < 1.29 is 4.74 Å². The fraction of sp³-hybridized carbons (Fsp3) is 0.667. The molecule has 62 valence electrons. The molecule has 0 radical (unpaired) electrons. The monoisotopic (exact) mass is 157 g/mol. The van der Waals surface area contributed by atoms with E-state index < -0.39 is 0 Å². The summed E-state index contributed by atoms with van der Waals surface area (Å²) in [7, 11) is 0. The Hall–Kier alpha value is -1.10. The van der Waals surface area contributed by atoms with E-state index in [0.717, 1.165) is 0 Å². The van der Waals surface area contributed by atoms with Crippen molar-refractivity contribution in [1.29, 1.82) is 0 Å². The van der Waals surface area contributed by atoms with Gasteiger partial charge in [0.1, 0.15) is 6.61 Å². The highest BCUT2D eigenvalue weighted by Crippen LogP contribution is 1.92. The van der Waals surface area contributed by atoms with Crippen LogP contribution >= 0.6 is 0 Å². The normalized spacial score (nSPS) is 10.8. The molecular weight excluding hydrogens is 146 g/mol. The summed E-state index contributed by atoms with van der Waals surface area (Å²) in [5.74, 6) is 0.531.